The Morgan fingerprint density at radius 3 is 1.79 bits per heavy atom. The molecule has 0 aromatic heterocycles. The van der Waals surface area contributed by atoms with Crippen LogP contribution in [0.4, 0.5) is 0 Å². The Hall–Kier alpha value is -0.860. The second-order valence-corrected chi connectivity index (χ2v) is 4.20. The fourth-order valence-electron chi connectivity index (χ4n) is 2.32. The lowest BCUT2D eigenvalue weighted by Gasteiger charge is -2.17. The number of nitrogens with zero attached hydrogens (tertiary/aromatic N) is 1. The summed E-state index contributed by atoms with van der Waals surface area (Å²) < 4.78 is 0. The van der Waals surface area contributed by atoms with Crippen LogP contribution in [0.3, 0.4) is 0 Å². The van der Waals surface area contributed by atoms with E-state index in [2.05, 4.69) is 0 Å². The lowest BCUT2D eigenvalue weighted by Crippen LogP contribution is -2.35. The standard InChI is InChI=1S/C9H13NO2.C2H6/c1-4-10-7(11)5-6(8(10)12)9(5,2)3;1-2/h5-6H,4H2,1-3H3;1-2H3. The second kappa shape index (κ2) is 3.37. The zero-order chi connectivity index (χ0) is 11.1. The maximum absolute atomic E-state index is 11.5. The summed E-state index contributed by atoms with van der Waals surface area (Å²) in [7, 11) is 0. The minimum atomic E-state index is -0.0557. The molecule has 1 aliphatic carbocycles. The highest BCUT2D eigenvalue weighted by molar-refractivity contribution is 6.10. The number of piperidine rings is 1. The van der Waals surface area contributed by atoms with Gasteiger partial charge < -0.3 is 0 Å². The summed E-state index contributed by atoms with van der Waals surface area (Å²) in [5.74, 6) is 0.0601. The topological polar surface area (TPSA) is 37.4 Å². The molecule has 0 aromatic carbocycles. The SMILES string of the molecule is CC.CCN1C(=O)C2C(C1=O)C2(C)C. The Bertz CT molecular complexity index is 246. The molecule has 3 heteroatoms. The molecule has 2 fully saturated rings. The van der Waals surface area contributed by atoms with Crippen molar-refractivity contribution < 1.29 is 9.59 Å². The van der Waals surface area contributed by atoms with Crippen LogP contribution in [0.1, 0.15) is 34.6 Å². The average Bonchev–Trinajstić information content (AvgIpc) is 2.60. The average molecular weight is 197 g/mol. The lowest BCUT2D eigenvalue weighted by molar-refractivity contribution is -0.142. The summed E-state index contributed by atoms with van der Waals surface area (Å²) in [5.41, 5.74) is -0.0557. The highest BCUT2D eigenvalue weighted by Crippen LogP contribution is 2.63. The number of hydrogen-bond acceptors (Lipinski definition) is 2. The minimum absolute atomic E-state index is 0.00931. The predicted octanol–water partition coefficient (Wildman–Crippen LogP) is 1.67. The summed E-state index contributed by atoms with van der Waals surface area (Å²) in [6.07, 6.45) is 0. The van der Waals surface area contributed by atoms with Crippen molar-refractivity contribution in [1.29, 1.82) is 0 Å². The van der Waals surface area contributed by atoms with Crippen LogP contribution < -0.4 is 0 Å². The van der Waals surface area contributed by atoms with Crippen LogP contribution in [-0.2, 0) is 9.59 Å². The molecule has 2 aliphatic rings. The second-order valence-electron chi connectivity index (χ2n) is 4.20. The van der Waals surface area contributed by atoms with Gasteiger partial charge >= 0.3 is 0 Å². The van der Waals surface area contributed by atoms with Crippen LogP contribution in [0.5, 0.6) is 0 Å². The summed E-state index contributed by atoms with van der Waals surface area (Å²) in [4.78, 5) is 24.4. The molecule has 1 aliphatic heterocycles. The van der Waals surface area contributed by atoms with E-state index in [1.54, 1.807) is 0 Å². The quantitative estimate of drug-likeness (QED) is 0.600. The van der Waals surface area contributed by atoms with Crippen molar-refractivity contribution in [3.63, 3.8) is 0 Å². The lowest BCUT2D eigenvalue weighted by atomic mass is 10.1. The minimum Gasteiger partial charge on any atom is -0.282 e. The molecule has 2 amide bonds. The Morgan fingerprint density at radius 1 is 1.14 bits per heavy atom. The van der Waals surface area contributed by atoms with Crippen LogP contribution in [0.15, 0.2) is 0 Å². The van der Waals surface area contributed by atoms with Gasteiger partial charge in [-0.1, -0.05) is 27.7 Å². The summed E-state index contributed by atoms with van der Waals surface area (Å²) in [6, 6.07) is 0. The number of carbonyl (C=O) groups is 2. The van der Waals surface area contributed by atoms with Gasteiger partial charge in [-0.2, -0.15) is 0 Å². The first kappa shape index (κ1) is 11.2. The van der Waals surface area contributed by atoms with Gasteiger partial charge in [0.25, 0.3) is 0 Å². The van der Waals surface area contributed by atoms with Crippen LogP contribution in [0.25, 0.3) is 0 Å². The first-order chi connectivity index (χ1) is 6.51. The van der Waals surface area contributed by atoms with Crippen LogP contribution >= 0.6 is 0 Å². The number of fused-ring (bicyclic) bond motifs is 1. The van der Waals surface area contributed by atoms with Gasteiger partial charge in [0.1, 0.15) is 0 Å². The highest BCUT2D eigenvalue weighted by Gasteiger charge is 2.72. The van der Waals surface area contributed by atoms with Gasteiger partial charge in [0.15, 0.2) is 0 Å². The number of imide groups is 1. The van der Waals surface area contributed by atoms with Crippen molar-refractivity contribution in [2.45, 2.75) is 34.6 Å². The Balaban J connectivity index is 0.000000461. The number of amides is 2. The Labute approximate surface area is 85.5 Å². The number of hydrogen-bond donors (Lipinski definition) is 0. The van der Waals surface area contributed by atoms with Crippen molar-refractivity contribution in [3.8, 4) is 0 Å². The molecule has 0 aromatic rings. The van der Waals surface area contributed by atoms with Crippen molar-refractivity contribution in [2.75, 3.05) is 6.54 Å². The molecule has 1 saturated heterocycles. The third kappa shape index (κ3) is 1.18. The van der Waals surface area contributed by atoms with E-state index in [0.717, 1.165) is 0 Å². The number of rotatable bonds is 1. The normalized spacial score (nSPS) is 32.2. The molecular formula is C11H19NO2. The van der Waals surface area contributed by atoms with Gasteiger partial charge in [0, 0.05) is 6.54 Å². The third-order valence-electron chi connectivity index (χ3n) is 3.21. The first-order valence-electron chi connectivity index (χ1n) is 5.37. The molecular weight excluding hydrogens is 178 g/mol. The van der Waals surface area contributed by atoms with Gasteiger partial charge in [-0.15, -0.1) is 0 Å². The highest BCUT2D eigenvalue weighted by atomic mass is 16.2. The van der Waals surface area contributed by atoms with E-state index in [4.69, 9.17) is 0 Å². The summed E-state index contributed by atoms with van der Waals surface area (Å²) >= 11 is 0. The first-order valence-corrected chi connectivity index (χ1v) is 5.37. The Kier molecular flexibility index (Phi) is 2.70. The largest absolute Gasteiger partial charge is 0.282 e. The van der Waals surface area contributed by atoms with E-state index in [-0.39, 0.29) is 29.1 Å². The molecule has 1 heterocycles. The summed E-state index contributed by atoms with van der Waals surface area (Å²) in [6.45, 7) is 10.4. The molecule has 0 spiro atoms. The van der Waals surface area contributed by atoms with Gasteiger partial charge in [-0.25, -0.2) is 0 Å². The van der Waals surface area contributed by atoms with Gasteiger partial charge in [0.2, 0.25) is 11.8 Å². The zero-order valence-electron chi connectivity index (χ0n) is 9.63. The molecule has 0 N–H and O–H groups in total. The van der Waals surface area contributed by atoms with Crippen molar-refractivity contribution in [1.82, 2.24) is 4.90 Å². The Morgan fingerprint density at radius 2 is 1.50 bits per heavy atom. The van der Waals surface area contributed by atoms with Crippen molar-refractivity contribution >= 4 is 11.8 Å². The van der Waals surface area contributed by atoms with Crippen molar-refractivity contribution in [3.05, 3.63) is 0 Å². The molecule has 2 rings (SSSR count). The summed E-state index contributed by atoms with van der Waals surface area (Å²) in [5, 5.41) is 0. The van der Waals surface area contributed by atoms with Crippen LogP contribution in [0, 0.1) is 17.3 Å². The maximum atomic E-state index is 11.5. The fraction of sp³-hybridized carbons (Fsp3) is 0.818. The molecule has 0 bridgehead atoms. The molecule has 14 heavy (non-hydrogen) atoms. The molecule has 1 saturated carbocycles. The predicted molar refractivity (Wildman–Crippen MR) is 54.5 cm³/mol. The van der Waals surface area contributed by atoms with E-state index in [9.17, 15) is 9.59 Å². The molecule has 2 unspecified atom stereocenters. The van der Waals surface area contributed by atoms with Crippen LogP contribution in [-0.4, -0.2) is 23.3 Å². The van der Waals surface area contributed by atoms with Gasteiger partial charge in [0.05, 0.1) is 11.8 Å². The molecule has 3 nitrogen and oxygen atoms in total. The van der Waals surface area contributed by atoms with E-state index >= 15 is 0 Å². The van der Waals surface area contributed by atoms with E-state index in [0.29, 0.717) is 6.54 Å². The van der Waals surface area contributed by atoms with Gasteiger partial charge in [-0.3, -0.25) is 14.5 Å². The van der Waals surface area contributed by atoms with Gasteiger partial charge in [-0.05, 0) is 12.3 Å². The van der Waals surface area contributed by atoms with E-state index < -0.39 is 0 Å². The number of carbonyl (C=O) groups excluding carboxylic acids is 2. The van der Waals surface area contributed by atoms with Crippen LogP contribution in [0.2, 0.25) is 0 Å². The molecule has 0 radical (unpaired) electrons. The third-order valence-corrected chi connectivity index (χ3v) is 3.21. The zero-order valence-corrected chi connectivity index (χ0v) is 9.63. The maximum Gasteiger partial charge on any atom is 0.233 e. The smallest absolute Gasteiger partial charge is 0.233 e. The van der Waals surface area contributed by atoms with E-state index in [1.807, 2.05) is 34.6 Å². The van der Waals surface area contributed by atoms with E-state index in [1.165, 1.54) is 4.90 Å². The monoisotopic (exact) mass is 197 g/mol. The fourth-order valence-corrected chi connectivity index (χ4v) is 2.32. The molecule has 2 atom stereocenters. The molecule has 80 valence electrons. The van der Waals surface area contributed by atoms with Crippen molar-refractivity contribution in [2.24, 2.45) is 17.3 Å². The number of likely N-dealkylation sites (tertiary alicyclic amines) is 1.